The van der Waals surface area contributed by atoms with Gasteiger partial charge in [-0.2, -0.15) is 22.0 Å². The summed E-state index contributed by atoms with van der Waals surface area (Å²) < 4.78 is 26.1. The van der Waals surface area contributed by atoms with Crippen LogP contribution in [0.1, 0.15) is 5.82 Å². The minimum Gasteiger partial charge on any atom is -0.216 e. The Labute approximate surface area is 122 Å². The quantitative estimate of drug-likeness (QED) is 0.865. The molecular weight excluding hydrogens is 300 g/mol. The highest BCUT2D eigenvalue weighted by atomic mass is 35.5. The number of halogens is 1. The van der Waals surface area contributed by atoms with Crippen LogP contribution < -0.4 is 0 Å². The molecule has 0 aliphatic carbocycles. The normalized spacial score (nSPS) is 11.6. The SMILES string of the molecule is CN(C)S(=O)(=O)n1c(C#N)nc(-c2ccccc2)c1Cl. The third-order valence-electron chi connectivity index (χ3n) is 2.62. The van der Waals surface area contributed by atoms with Crippen LogP contribution in [0.15, 0.2) is 30.3 Å². The standard InChI is InChI=1S/C12H11ClN4O2S/c1-16(2)20(18,19)17-10(8-14)15-11(12(17)13)9-6-4-3-5-7-9/h3-7H,1-2H3. The van der Waals surface area contributed by atoms with Gasteiger partial charge in [0.15, 0.2) is 5.15 Å². The summed E-state index contributed by atoms with van der Waals surface area (Å²) in [6, 6.07) is 10.6. The van der Waals surface area contributed by atoms with Gasteiger partial charge in [0.1, 0.15) is 11.8 Å². The van der Waals surface area contributed by atoms with Crippen molar-refractivity contribution in [2.45, 2.75) is 0 Å². The summed E-state index contributed by atoms with van der Waals surface area (Å²) in [5.41, 5.74) is 0.899. The Morgan fingerprint density at radius 3 is 2.40 bits per heavy atom. The van der Waals surface area contributed by atoms with Crippen molar-refractivity contribution in [3.8, 4) is 17.3 Å². The molecule has 0 radical (unpaired) electrons. The van der Waals surface area contributed by atoms with Gasteiger partial charge in [-0.1, -0.05) is 41.9 Å². The van der Waals surface area contributed by atoms with Crippen LogP contribution in [0.2, 0.25) is 5.15 Å². The predicted molar refractivity (Wildman–Crippen MR) is 75.4 cm³/mol. The molecule has 1 aromatic heterocycles. The zero-order valence-electron chi connectivity index (χ0n) is 10.8. The molecule has 0 spiro atoms. The topological polar surface area (TPSA) is 79.0 Å². The summed E-state index contributed by atoms with van der Waals surface area (Å²) in [4.78, 5) is 4.01. The Kier molecular flexibility index (Phi) is 3.81. The third-order valence-corrected chi connectivity index (χ3v) is 4.81. The van der Waals surface area contributed by atoms with Crippen LogP contribution in [0.5, 0.6) is 0 Å². The Hall–Kier alpha value is -1.88. The maximum absolute atomic E-state index is 12.2. The van der Waals surface area contributed by atoms with Crippen molar-refractivity contribution < 1.29 is 8.42 Å². The fraction of sp³-hybridized carbons (Fsp3) is 0.167. The smallest absolute Gasteiger partial charge is 0.216 e. The van der Waals surface area contributed by atoms with E-state index >= 15 is 0 Å². The fourth-order valence-corrected chi connectivity index (χ4v) is 3.02. The highest BCUT2D eigenvalue weighted by molar-refractivity contribution is 7.87. The molecule has 1 heterocycles. The number of aromatic nitrogens is 2. The van der Waals surface area contributed by atoms with Crippen LogP contribution in [0.3, 0.4) is 0 Å². The first-order chi connectivity index (χ1) is 9.39. The van der Waals surface area contributed by atoms with E-state index in [4.69, 9.17) is 16.9 Å². The molecule has 0 unspecified atom stereocenters. The second-order valence-electron chi connectivity index (χ2n) is 4.11. The van der Waals surface area contributed by atoms with Gasteiger partial charge in [-0.15, -0.1) is 0 Å². The number of rotatable bonds is 3. The lowest BCUT2D eigenvalue weighted by molar-refractivity contribution is 0.510. The van der Waals surface area contributed by atoms with Gasteiger partial charge >= 0.3 is 10.2 Å². The molecule has 0 fully saturated rings. The number of hydrogen-bond acceptors (Lipinski definition) is 4. The Morgan fingerprint density at radius 1 is 1.30 bits per heavy atom. The number of nitriles is 1. The van der Waals surface area contributed by atoms with Gasteiger partial charge < -0.3 is 0 Å². The van der Waals surface area contributed by atoms with E-state index in [0.29, 0.717) is 5.56 Å². The van der Waals surface area contributed by atoms with Gasteiger partial charge in [-0.25, -0.2) is 4.98 Å². The van der Waals surface area contributed by atoms with E-state index < -0.39 is 10.2 Å². The van der Waals surface area contributed by atoms with Gasteiger partial charge in [0.05, 0.1) is 0 Å². The van der Waals surface area contributed by atoms with Crippen LogP contribution in [0.4, 0.5) is 0 Å². The lowest BCUT2D eigenvalue weighted by Crippen LogP contribution is -2.29. The zero-order chi connectivity index (χ0) is 14.9. The molecule has 1 aromatic carbocycles. The van der Waals surface area contributed by atoms with Crippen molar-refractivity contribution >= 4 is 21.8 Å². The van der Waals surface area contributed by atoms with Crippen LogP contribution in [0.25, 0.3) is 11.3 Å². The minimum atomic E-state index is -3.90. The highest BCUT2D eigenvalue weighted by Gasteiger charge is 2.27. The van der Waals surface area contributed by atoms with Crippen LogP contribution in [0, 0.1) is 11.3 Å². The highest BCUT2D eigenvalue weighted by Crippen LogP contribution is 2.29. The molecule has 0 amide bonds. The first kappa shape index (κ1) is 14.5. The lowest BCUT2D eigenvalue weighted by atomic mass is 10.2. The van der Waals surface area contributed by atoms with Crippen LogP contribution in [-0.2, 0) is 10.2 Å². The maximum atomic E-state index is 12.2. The second kappa shape index (κ2) is 5.25. The van der Waals surface area contributed by atoms with Crippen molar-refractivity contribution in [3.05, 3.63) is 41.3 Å². The van der Waals surface area contributed by atoms with Gasteiger partial charge in [0.25, 0.3) is 0 Å². The van der Waals surface area contributed by atoms with Gasteiger partial charge in [-0.3, -0.25) is 0 Å². The second-order valence-corrected chi connectivity index (χ2v) is 6.46. The maximum Gasteiger partial charge on any atom is 0.310 e. The first-order valence-corrected chi connectivity index (χ1v) is 7.34. The first-order valence-electron chi connectivity index (χ1n) is 5.56. The number of nitrogens with zero attached hydrogens (tertiary/aromatic N) is 4. The van der Waals surface area contributed by atoms with Crippen molar-refractivity contribution in [3.63, 3.8) is 0 Å². The molecule has 2 aromatic rings. The Bertz CT molecular complexity index is 776. The van der Waals surface area contributed by atoms with E-state index in [-0.39, 0.29) is 16.7 Å². The van der Waals surface area contributed by atoms with Gasteiger partial charge in [0.2, 0.25) is 5.82 Å². The van der Waals surface area contributed by atoms with Gasteiger partial charge in [0, 0.05) is 19.7 Å². The molecule has 0 N–H and O–H groups in total. The van der Waals surface area contributed by atoms with E-state index in [9.17, 15) is 8.42 Å². The van der Waals surface area contributed by atoms with Crippen LogP contribution >= 0.6 is 11.6 Å². The van der Waals surface area contributed by atoms with Crippen molar-refractivity contribution in [1.82, 2.24) is 13.3 Å². The molecule has 8 heteroatoms. The molecule has 20 heavy (non-hydrogen) atoms. The average molecular weight is 311 g/mol. The van der Waals surface area contributed by atoms with Crippen molar-refractivity contribution in [1.29, 1.82) is 5.26 Å². The summed E-state index contributed by atoms with van der Waals surface area (Å²) in [7, 11) is -1.19. The number of imidazole rings is 1. The Balaban J connectivity index is 2.74. The average Bonchev–Trinajstić information content (AvgIpc) is 2.77. The summed E-state index contributed by atoms with van der Waals surface area (Å²) in [5, 5.41) is 8.96. The summed E-state index contributed by atoms with van der Waals surface area (Å²) in [5.74, 6) is -0.275. The van der Waals surface area contributed by atoms with E-state index in [1.165, 1.54) is 14.1 Å². The molecule has 2 rings (SSSR count). The summed E-state index contributed by atoms with van der Waals surface area (Å²) in [6.07, 6.45) is 0. The largest absolute Gasteiger partial charge is 0.310 e. The number of hydrogen-bond donors (Lipinski definition) is 0. The number of benzene rings is 1. The fourth-order valence-electron chi connectivity index (χ4n) is 1.61. The van der Waals surface area contributed by atoms with Crippen molar-refractivity contribution in [2.24, 2.45) is 0 Å². The van der Waals surface area contributed by atoms with Gasteiger partial charge in [-0.05, 0) is 0 Å². The van der Waals surface area contributed by atoms with E-state index in [2.05, 4.69) is 4.98 Å². The molecule has 0 aliphatic heterocycles. The molecular formula is C12H11ClN4O2S. The van der Waals surface area contributed by atoms with E-state index in [0.717, 1.165) is 8.28 Å². The molecule has 0 atom stereocenters. The Morgan fingerprint density at radius 2 is 1.90 bits per heavy atom. The monoisotopic (exact) mass is 310 g/mol. The van der Waals surface area contributed by atoms with Crippen LogP contribution in [-0.4, -0.2) is 35.8 Å². The molecule has 0 saturated carbocycles. The zero-order valence-corrected chi connectivity index (χ0v) is 12.4. The third kappa shape index (κ3) is 2.29. The molecule has 0 saturated heterocycles. The molecule has 6 nitrogen and oxygen atoms in total. The van der Waals surface area contributed by atoms with E-state index in [1.807, 2.05) is 6.07 Å². The van der Waals surface area contributed by atoms with Crippen molar-refractivity contribution in [2.75, 3.05) is 14.1 Å². The van der Waals surface area contributed by atoms with E-state index in [1.54, 1.807) is 30.3 Å². The molecule has 0 bridgehead atoms. The lowest BCUT2D eigenvalue weighted by Gasteiger charge is -2.13. The molecule has 104 valence electrons. The minimum absolute atomic E-state index is 0.110. The predicted octanol–water partition coefficient (Wildman–Crippen LogP) is 1.73. The summed E-state index contributed by atoms with van der Waals surface area (Å²) in [6.45, 7) is 0. The summed E-state index contributed by atoms with van der Waals surface area (Å²) >= 11 is 6.11. The molecule has 0 aliphatic rings.